The molecular weight excluding hydrogens is 292 g/mol. The minimum atomic E-state index is -1.73. The number of hydrogen-bond acceptors (Lipinski definition) is 3. The van der Waals surface area contributed by atoms with Gasteiger partial charge in [-0.05, 0) is 43.8 Å². The number of carbonyl (C=O) groups is 1. The zero-order valence-corrected chi connectivity index (χ0v) is 16.6. The molecule has 1 aliphatic heterocycles. The number of hydrogen-bond donors (Lipinski definition) is 0. The maximum absolute atomic E-state index is 10.9. The van der Waals surface area contributed by atoms with Crippen molar-refractivity contribution >= 4 is 14.6 Å². The lowest BCUT2D eigenvalue weighted by Gasteiger charge is -2.40. The topological polar surface area (TPSA) is 35.5 Å². The molecule has 0 N–H and O–H groups in total. The summed E-state index contributed by atoms with van der Waals surface area (Å²) < 4.78 is 12.7. The molecule has 22 heavy (non-hydrogen) atoms. The maximum atomic E-state index is 10.9. The minimum Gasteiger partial charge on any atom is -0.414 e. The molecule has 1 rings (SSSR count). The summed E-state index contributed by atoms with van der Waals surface area (Å²) in [6, 6.07) is 0. The lowest BCUT2D eigenvalue weighted by atomic mass is 10.0. The molecule has 1 saturated heterocycles. The van der Waals surface area contributed by atoms with Crippen LogP contribution in [0.5, 0.6) is 0 Å². The van der Waals surface area contributed by atoms with E-state index >= 15 is 0 Å². The SMILES string of the molecule is CCC[C@@H](C[C@@H]1CC[C@H]([C@@H](C)C=O)O1)O[Si](C)(C)C(C)(C)C. The summed E-state index contributed by atoms with van der Waals surface area (Å²) in [5.74, 6) is 0.0101. The van der Waals surface area contributed by atoms with Crippen LogP contribution in [0, 0.1) is 5.92 Å². The Kier molecular flexibility index (Phi) is 7.28. The highest BCUT2D eigenvalue weighted by molar-refractivity contribution is 6.74. The molecule has 0 aromatic carbocycles. The van der Waals surface area contributed by atoms with E-state index in [1.807, 2.05) is 6.92 Å². The molecule has 0 saturated carbocycles. The van der Waals surface area contributed by atoms with Crippen molar-refractivity contribution in [3.05, 3.63) is 0 Å². The predicted octanol–water partition coefficient (Wildman–Crippen LogP) is 4.95. The van der Waals surface area contributed by atoms with Crippen molar-refractivity contribution in [3.8, 4) is 0 Å². The molecule has 0 bridgehead atoms. The van der Waals surface area contributed by atoms with Gasteiger partial charge in [0.1, 0.15) is 6.29 Å². The average Bonchev–Trinajstić information content (AvgIpc) is 2.84. The van der Waals surface area contributed by atoms with E-state index in [1.54, 1.807) is 0 Å². The molecule has 0 unspecified atom stereocenters. The fourth-order valence-electron chi connectivity index (χ4n) is 2.81. The van der Waals surface area contributed by atoms with Crippen LogP contribution in [0.3, 0.4) is 0 Å². The average molecular weight is 329 g/mol. The minimum absolute atomic E-state index is 0.0101. The molecule has 130 valence electrons. The highest BCUT2D eigenvalue weighted by atomic mass is 28.4. The molecule has 4 atom stereocenters. The van der Waals surface area contributed by atoms with Crippen LogP contribution in [0.4, 0.5) is 0 Å². The molecule has 0 spiro atoms. The summed E-state index contributed by atoms with van der Waals surface area (Å²) in [6.45, 7) is 15.7. The third-order valence-electron chi connectivity index (χ3n) is 5.35. The number of carbonyl (C=O) groups excluding carboxylic acids is 1. The number of ether oxygens (including phenoxy) is 1. The van der Waals surface area contributed by atoms with E-state index in [0.29, 0.717) is 6.10 Å². The summed E-state index contributed by atoms with van der Waals surface area (Å²) in [4.78, 5) is 10.9. The Hall–Kier alpha value is -0.193. The Morgan fingerprint density at radius 1 is 1.32 bits per heavy atom. The third kappa shape index (κ3) is 5.46. The van der Waals surface area contributed by atoms with Gasteiger partial charge in [0.15, 0.2) is 8.32 Å². The molecular formula is C18H36O3Si. The fourth-order valence-corrected chi connectivity index (χ4v) is 4.22. The van der Waals surface area contributed by atoms with Gasteiger partial charge in [0.25, 0.3) is 0 Å². The Balaban J connectivity index is 2.60. The summed E-state index contributed by atoms with van der Waals surface area (Å²) >= 11 is 0. The summed E-state index contributed by atoms with van der Waals surface area (Å²) in [7, 11) is -1.73. The van der Waals surface area contributed by atoms with Crippen molar-refractivity contribution < 1.29 is 14.0 Å². The van der Waals surface area contributed by atoms with Crippen molar-refractivity contribution in [2.24, 2.45) is 5.92 Å². The molecule has 0 amide bonds. The van der Waals surface area contributed by atoms with Crippen molar-refractivity contribution in [2.75, 3.05) is 0 Å². The lowest BCUT2D eigenvalue weighted by Crippen LogP contribution is -2.44. The van der Waals surface area contributed by atoms with Crippen LogP contribution in [0.25, 0.3) is 0 Å². The fraction of sp³-hybridized carbons (Fsp3) is 0.944. The van der Waals surface area contributed by atoms with Gasteiger partial charge in [-0.2, -0.15) is 0 Å². The van der Waals surface area contributed by atoms with E-state index in [4.69, 9.17) is 9.16 Å². The Morgan fingerprint density at radius 3 is 2.45 bits per heavy atom. The van der Waals surface area contributed by atoms with Crippen LogP contribution in [0.1, 0.15) is 66.7 Å². The molecule has 1 aliphatic rings. The first-order chi connectivity index (χ1) is 10.1. The van der Waals surface area contributed by atoms with Gasteiger partial charge in [0.2, 0.25) is 0 Å². The van der Waals surface area contributed by atoms with Gasteiger partial charge in [-0.15, -0.1) is 0 Å². The Bertz CT molecular complexity index is 349. The number of aldehydes is 1. The molecule has 0 aromatic heterocycles. The van der Waals surface area contributed by atoms with E-state index in [2.05, 4.69) is 40.8 Å². The van der Waals surface area contributed by atoms with Crippen LogP contribution < -0.4 is 0 Å². The predicted molar refractivity (Wildman–Crippen MR) is 94.7 cm³/mol. The second-order valence-corrected chi connectivity index (χ2v) is 13.1. The van der Waals surface area contributed by atoms with Crippen LogP contribution in [0.15, 0.2) is 0 Å². The van der Waals surface area contributed by atoms with E-state index in [-0.39, 0.29) is 23.2 Å². The quantitative estimate of drug-likeness (QED) is 0.467. The first-order valence-corrected chi connectivity index (χ1v) is 11.8. The highest BCUT2D eigenvalue weighted by Gasteiger charge is 2.40. The first kappa shape index (κ1) is 19.9. The zero-order valence-electron chi connectivity index (χ0n) is 15.6. The summed E-state index contributed by atoms with van der Waals surface area (Å²) in [6.07, 6.45) is 6.95. The molecule has 0 aliphatic carbocycles. The van der Waals surface area contributed by atoms with Gasteiger partial charge in [-0.25, -0.2) is 0 Å². The van der Waals surface area contributed by atoms with Gasteiger partial charge in [-0.3, -0.25) is 0 Å². The second-order valence-electron chi connectivity index (χ2n) is 8.39. The smallest absolute Gasteiger partial charge is 0.192 e. The van der Waals surface area contributed by atoms with E-state index in [0.717, 1.165) is 38.4 Å². The van der Waals surface area contributed by atoms with Gasteiger partial charge in [0, 0.05) is 12.0 Å². The van der Waals surface area contributed by atoms with Crippen LogP contribution >= 0.6 is 0 Å². The van der Waals surface area contributed by atoms with Crippen molar-refractivity contribution in [1.82, 2.24) is 0 Å². The lowest BCUT2D eigenvalue weighted by molar-refractivity contribution is -0.115. The largest absolute Gasteiger partial charge is 0.414 e. The van der Waals surface area contributed by atoms with E-state index in [9.17, 15) is 4.79 Å². The van der Waals surface area contributed by atoms with Crippen LogP contribution in [-0.4, -0.2) is 32.9 Å². The van der Waals surface area contributed by atoms with Crippen LogP contribution in [0.2, 0.25) is 18.1 Å². The molecule has 1 fully saturated rings. The monoisotopic (exact) mass is 328 g/mol. The van der Waals surface area contributed by atoms with Crippen molar-refractivity contribution in [1.29, 1.82) is 0 Å². The first-order valence-electron chi connectivity index (χ1n) is 8.89. The highest BCUT2D eigenvalue weighted by Crippen LogP contribution is 2.39. The van der Waals surface area contributed by atoms with Crippen LogP contribution in [-0.2, 0) is 14.0 Å². The van der Waals surface area contributed by atoms with Gasteiger partial charge >= 0.3 is 0 Å². The van der Waals surface area contributed by atoms with E-state index in [1.165, 1.54) is 0 Å². The van der Waals surface area contributed by atoms with Gasteiger partial charge in [-0.1, -0.05) is 41.0 Å². The summed E-state index contributed by atoms with van der Waals surface area (Å²) in [5, 5.41) is 0.240. The molecule has 1 heterocycles. The van der Waals surface area contributed by atoms with E-state index < -0.39 is 8.32 Å². The van der Waals surface area contributed by atoms with Crippen molar-refractivity contribution in [2.45, 2.75) is 103 Å². The third-order valence-corrected chi connectivity index (χ3v) is 9.88. The molecule has 3 nitrogen and oxygen atoms in total. The molecule has 0 radical (unpaired) electrons. The van der Waals surface area contributed by atoms with Crippen molar-refractivity contribution in [3.63, 3.8) is 0 Å². The second kappa shape index (κ2) is 8.07. The van der Waals surface area contributed by atoms with Gasteiger partial charge in [0.05, 0.1) is 12.2 Å². The van der Waals surface area contributed by atoms with Gasteiger partial charge < -0.3 is 14.0 Å². The maximum Gasteiger partial charge on any atom is 0.192 e. The standard InChI is InChI=1S/C18H36O3Si/c1-8-9-16(21-22(6,7)18(3,4)5)12-15-10-11-17(20-15)14(2)13-19/h13-17H,8-12H2,1-7H3/t14-,15-,16-,17+/m0/s1. The Labute approximate surface area is 138 Å². The Morgan fingerprint density at radius 2 is 1.95 bits per heavy atom. The molecule has 4 heteroatoms. The number of rotatable bonds is 8. The molecule has 0 aromatic rings. The normalized spacial score (nSPS) is 26.0. The summed E-state index contributed by atoms with van der Waals surface area (Å²) in [5.41, 5.74) is 0. The zero-order chi connectivity index (χ0) is 17.0.